The van der Waals surface area contributed by atoms with Crippen LogP contribution in [0.4, 0.5) is 0 Å². The SMILES string of the molecule is C=C(C1CCCC1)n1cc(-c2ncnc3c2ccn3COC(=O)C(C)(C)C)cn1. The van der Waals surface area contributed by atoms with Crippen LogP contribution >= 0.6 is 0 Å². The van der Waals surface area contributed by atoms with Crippen LogP contribution in [-0.2, 0) is 16.3 Å². The van der Waals surface area contributed by atoms with Crippen molar-refractivity contribution < 1.29 is 9.53 Å². The van der Waals surface area contributed by atoms with Crippen LogP contribution in [0.15, 0.2) is 37.6 Å². The van der Waals surface area contributed by atoms with Crippen molar-refractivity contribution in [3.63, 3.8) is 0 Å². The fraction of sp³-hybridized carbons (Fsp3) is 0.455. The molecule has 0 atom stereocenters. The Morgan fingerprint density at radius 3 is 2.76 bits per heavy atom. The lowest BCUT2D eigenvalue weighted by molar-refractivity contribution is -0.156. The molecule has 0 aliphatic heterocycles. The van der Waals surface area contributed by atoms with E-state index in [1.165, 1.54) is 32.0 Å². The van der Waals surface area contributed by atoms with Crippen molar-refractivity contribution in [2.45, 2.75) is 53.2 Å². The molecule has 29 heavy (non-hydrogen) atoms. The minimum absolute atomic E-state index is 0.119. The zero-order valence-electron chi connectivity index (χ0n) is 17.3. The number of carbonyl (C=O) groups is 1. The van der Waals surface area contributed by atoms with Crippen LogP contribution in [0, 0.1) is 11.3 Å². The lowest BCUT2D eigenvalue weighted by atomic mass is 9.98. The molecule has 3 aromatic heterocycles. The van der Waals surface area contributed by atoms with Gasteiger partial charge in [-0.15, -0.1) is 0 Å². The maximum Gasteiger partial charge on any atom is 0.312 e. The second-order valence-corrected chi connectivity index (χ2v) is 8.70. The van der Waals surface area contributed by atoms with Gasteiger partial charge in [0.1, 0.15) is 12.0 Å². The van der Waals surface area contributed by atoms with Crippen LogP contribution in [0.25, 0.3) is 28.0 Å². The van der Waals surface area contributed by atoms with Gasteiger partial charge in [0, 0.05) is 35.0 Å². The predicted molar refractivity (Wildman–Crippen MR) is 112 cm³/mol. The molecule has 1 saturated carbocycles. The van der Waals surface area contributed by atoms with E-state index in [1.807, 2.05) is 54.7 Å². The zero-order valence-corrected chi connectivity index (χ0v) is 17.3. The first kappa shape index (κ1) is 19.4. The summed E-state index contributed by atoms with van der Waals surface area (Å²) in [6.07, 6.45) is 12.1. The Balaban J connectivity index is 1.58. The highest BCUT2D eigenvalue weighted by Crippen LogP contribution is 2.33. The van der Waals surface area contributed by atoms with Gasteiger partial charge >= 0.3 is 5.97 Å². The normalized spacial score (nSPS) is 15.1. The molecule has 0 spiro atoms. The summed E-state index contributed by atoms with van der Waals surface area (Å²) in [5, 5.41) is 5.41. The standard InChI is InChI=1S/C22H27N5O2/c1-15(16-7-5-6-8-16)27-12-17(11-25-27)19-18-9-10-26(20(18)24-13-23-19)14-29-21(28)22(2,3)4/h9-13,16H,1,5-8,14H2,2-4H3. The number of allylic oxidation sites excluding steroid dienone is 1. The summed E-state index contributed by atoms with van der Waals surface area (Å²) < 4.78 is 9.12. The molecule has 0 unspecified atom stereocenters. The quantitative estimate of drug-likeness (QED) is 0.597. The molecule has 3 heterocycles. The Labute approximate surface area is 170 Å². The van der Waals surface area contributed by atoms with Crippen molar-refractivity contribution in [1.29, 1.82) is 0 Å². The lowest BCUT2D eigenvalue weighted by Crippen LogP contribution is -2.23. The highest BCUT2D eigenvalue weighted by molar-refractivity contribution is 5.90. The van der Waals surface area contributed by atoms with E-state index >= 15 is 0 Å². The molecule has 0 aromatic carbocycles. The predicted octanol–water partition coefficient (Wildman–Crippen LogP) is 4.50. The minimum Gasteiger partial charge on any atom is -0.443 e. The van der Waals surface area contributed by atoms with Crippen molar-refractivity contribution in [2.24, 2.45) is 11.3 Å². The fourth-order valence-electron chi connectivity index (χ4n) is 3.73. The van der Waals surface area contributed by atoms with Gasteiger partial charge in [-0.2, -0.15) is 5.10 Å². The third kappa shape index (κ3) is 3.81. The van der Waals surface area contributed by atoms with Gasteiger partial charge in [0.2, 0.25) is 0 Å². The number of hydrogen-bond donors (Lipinski definition) is 0. The molecule has 7 nitrogen and oxygen atoms in total. The number of aromatic nitrogens is 5. The van der Waals surface area contributed by atoms with E-state index in [2.05, 4.69) is 21.6 Å². The van der Waals surface area contributed by atoms with E-state index < -0.39 is 5.41 Å². The van der Waals surface area contributed by atoms with Gasteiger partial charge in [-0.1, -0.05) is 19.4 Å². The molecule has 7 heteroatoms. The summed E-state index contributed by atoms with van der Waals surface area (Å²) in [7, 11) is 0. The van der Waals surface area contributed by atoms with Gasteiger partial charge in [-0.25, -0.2) is 14.6 Å². The number of hydrogen-bond acceptors (Lipinski definition) is 5. The Morgan fingerprint density at radius 2 is 2.03 bits per heavy atom. The molecule has 1 aliphatic rings. The van der Waals surface area contributed by atoms with Gasteiger partial charge in [-0.3, -0.25) is 9.36 Å². The van der Waals surface area contributed by atoms with Crippen LogP contribution in [0.3, 0.4) is 0 Å². The van der Waals surface area contributed by atoms with Crippen LogP contribution in [0.2, 0.25) is 0 Å². The first-order valence-corrected chi connectivity index (χ1v) is 10.1. The first-order valence-electron chi connectivity index (χ1n) is 10.1. The summed E-state index contributed by atoms with van der Waals surface area (Å²) in [6.45, 7) is 9.88. The number of ether oxygens (including phenoxy) is 1. The molecule has 1 fully saturated rings. The Morgan fingerprint density at radius 1 is 1.28 bits per heavy atom. The Kier molecular flexibility index (Phi) is 4.98. The molecule has 0 amide bonds. The molecule has 1 aliphatic carbocycles. The summed E-state index contributed by atoms with van der Waals surface area (Å²) >= 11 is 0. The van der Waals surface area contributed by atoms with Crippen molar-refractivity contribution in [3.05, 3.63) is 37.6 Å². The third-order valence-electron chi connectivity index (χ3n) is 5.48. The molecule has 152 valence electrons. The van der Waals surface area contributed by atoms with Crippen molar-refractivity contribution in [3.8, 4) is 11.3 Å². The van der Waals surface area contributed by atoms with Crippen molar-refractivity contribution in [2.75, 3.05) is 0 Å². The van der Waals surface area contributed by atoms with Gasteiger partial charge in [0.25, 0.3) is 0 Å². The molecule has 4 rings (SSSR count). The van der Waals surface area contributed by atoms with Crippen molar-refractivity contribution >= 4 is 22.7 Å². The molecule has 0 N–H and O–H groups in total. The van der Waals surface area contributed by atoms with Gasteiger partial charge in [-0.05, 0) is 39.7 Å². The molecular formula is C22H27N5O2. The average Bonchev–Trinajstić information content (AvgIpc) is 3.45. The van der Waals surface area contributed by atoms with E-state index in [0.717, 1.165) is 28.0 Å². The summed E-state index contributed by atoms with van der Waals surface area (Å²) in [6, 6.07) is 1.94. The van der Waals surface area contributed by atoms with E-state index in [1.54, 1.807) is 0 Å². The third-order valence-corrected chi connectivity index (χ3v) is 5.48. The highest BCUT2D eigenvalue weighted by atomic mass is 16.5. The Bertz CT molecular complexity index is 1050. The van der Waals surface area contributed by atoms with Crippen LogP contribution in [0.5, 0.6) is 0 Å². The topological polar surface area (TPSA) is 74.8 Å². The summed E-state index contributed by atoms with van der Waals surface area (Å²) in [5.41, 5.74) is 2.95. The van der Waals surface area contributed by atoms with Crippen LogP contribution < -0.4 is 0 Å². The number of fused-ring (bicyclic) bond motifs is 1. The molecule has 0 bridgehead atoms. The molecule has 3 aromatic rings. The second kappa shape index (κ2) is 7.46. The summed E-state index contributed by atoms with van der Waals surface area (Å²) in [4.78, 5) is 20.9. The first-order chi connectivity index (χ1) is 13.8. The van der Waals surface area contributed by atoms with Crippen molar-refractivity contribution in [1.82, 2.24) is 24.3 Å². The molecule has 0 radical (unpaired) electrons. The minimum atomic E-state index is -0.542. The van der Waals surface area contributed by atoms with Gasteiger partial charge in [0.05, 0.1) is 17.3 Å². The Hall–Kier alpha value is -2.96. The van der Waals surface area contributed by atoms with E-state index in [-0.39, 0.29) is 12.7 Å². The second-order valence-electron chi connectivity index (χ2n) is 8.70. The van der Waals surface area contributed by atoms with E-state index in [9.17, 15) is 4.79 Å². The highest BCUT2D eigenvalue weighted by Gasteiger charge is 2.24. The smallest absolute Gasteiger partial charge is 0.312 e. The number of carbonyl (C=O) groups excluding carboxylic acids is 1. The maximum atomic E-state index is 12.1. The molecule has 0 saturated heterocycles. The number of nitrogens with zero attached hydrogens (tertiary/aromatic N) is 5. The lowest BCUT2D eigenvalue weighted by Gasteiger charge is -2.17. The largest absolute Gasteiger partial charge is 0.443 e. The average molecular weight is 393 g/mol. The summed E-state index contributed by atoms with van der Waals surface area (Å²) in [5.74, 6) is 0.257. The van der Waals surface area contributed by atoms with Crippen LogP contribution in [0.1, 0.15) is 46.5 Å². The zero-order chi connectivity index (χ0) is 20.6. The maximum absolute atomic E-state index is 12.1. The van der Waals surface area contributed by atoms with Crippen LogP contribution in [-0.4, -0.2) is 30.3 Å². The van der Waals surface area contributed by atoms with E-state index in [4.69, 9.17) is 4.74 Å². The number of esters is 1. The van der Waals surface area contributed by atoms with E-state index in [0.29, 0.717) is 5.92 Å². The fourth-order valence-corrected chi connectivity index (χ4v) is 3.73. The number of rotatable bonds is 5. The molecular weight excluding hydrogens is 366 g/mol. The van der Waals surface area contributed by atoms with Gasteiger partial charge < -0.3 is 4.74 Å². The van der Waals surface area contributed by atoms with Gasteiger partial charge in [0.15, 0.2) is 6.73 Å². The monoisotopic (exact) mass is 393 g/mol.